The van der Waals surface area contributed by atoms with Crippen molar-refractivity contribution in [1.82, 2.24) is 14.8 Å². The van der Waals surface area contributed by atoms with Gasteiger partial charge in [-0.2, -0.15) is 0 Å². The summed E-state index contributed by atoms with van der Waals surface area (Å²) in [5, 5.41) is 2.85. The minimum Gasteiger partial charge on any atom is -0.454 e. The van der Waals surface area contributed by atoms with E-state index in [1.807, 2.05) is 26.2 Å². The molecule has 140 valence electrons. The molecular formula is C21H23N3O3. The Labute approximate surface area is 158 Å². The van der Waals surface area contributed by atoms with E-state index in [9.17, 15) is 9.59 Å². The van der Waals surface area contributed by atoms with Gasteiger partial charge in [0.05, 0.1) is 6.54 Å². The number of pyridine rings is 1. The molecule has 0 spiro atoms. The second-order valence-electron chi connectivity index (χ2n) is 6.67. The minimum atomic E-state index is -0.279. The lowest BCUT2D eigenvalue weighted by Crippen LogP contribution is -2.22. The molecule has 0 aliphatic rings. The summed E-state index contributed by atoms with van der Waals surface area (Å²) in [6.07, 6.45) is 1.69. The maximum absolute atomic E-state index is 12.3. The summed E-state index contributed by atoms with van der Waals surface area (Å²) in [6.45, 7) is 1.60. The van der Waals surface area contributed by atoms with Gasteiger partial charge in [-0.25, -0.2) is 0 Å². The van der Waals surface area contributed by atoms with Gasteiger partial charge in [-0.15, -0.1) is 0 Å². The lowest BCUT2D eigenvalue weighted by Gasteiger charge is -2.10. The SMILES string of the molecule is CN(C)Cc1ccc(CNC(=O)c2ccc(Cn3ccccc3=O)o2)cc1. The van der Waals surface area contributed by atoms with Gasteiger partial charge in [0.15, 0.2) is 5.76 Å². The summed E-state index contributed by atoms with van der Waals surface area (Å²) < 4.78 is 7.10. The van der Waals surface area contributed by atoms with Gasteiger partial charge in [0.25, 0.3) is 11.5 Å². The molecule has 0 aliphatic carbocycles. The van der Waals surface area contributed by atoms with E-state index in [-0.39, 0.29) is 17.2 Å². The van der Waals surface area contributed by atoms with E-state index in [4.69, 9.17) is 4.42 Å². The zero-order chi connectivity index (χ0) is 19.2. The van der Waals surface area contributed by atoms with Crippen LogP contribution in [0.15, 0.2) is 70.0 Å². The van der Waals surface area contributed by atoms with Crippen LogP contribution in [-0.4, -0.2) is 29.5 Å². The standard InChI is InChI=1S/C21H23N3O3/c1-23(2)14-17-8-6-16(7-9-17)13-22-21(26)19-11-10-18(27-19)15-24-12-4-3-5-20(24)25/h3-12H,13-15H2,1-2H3,(H,22,26). The van der Waals surface area contributed by atoms with Crippen LogP contribution in [-0.2, 0) is 19.6 Å². The third kappa shape index (κ3) is 5.18. The average molecular weight is 365 g/mol. The van der Waals surface area contributed by atoms with Gasteiger partial charge in [-0.1, -0.05) is 30.3 Å². The van der Waals surface area contributed by atoms with E-state index in [0.29, 0.717) is 18.8 Å². The number of aromatic nitrogens is 1. The quantitative estimate of drug-likeness (QED) is 0.698. The summed E-state index contributed by atoms with van der Waals surface area (Å²) in [4.78, 5) is 26.1. The Bertz CT molecular complexity index is 955. The topological polar surface area (TPSA) is 67.5 Å². The first-order valence-electron chi connectivity index (χ1n) is 8.76. The zero-order valence-electron chi connectivity index (χ0n) is 15.5. The van der Waals surface area contributed by atoms with Crippen molar-refractivity contribution in [3.63, 3.8) is 0 Å². The third-order valence-electron chi connectivity index (χ3n) is 4.09. The van der Waals surface area contributed by atoms with Crippen molar-refractivity contribution in [2.45, 2.75) is 19.6 Å². The van der Waals surface area contributed by atoms with Crippen LogP contribution in [0.3, 0.4) is 0 Å². The third-order valence-corrected chi connectivity index (χ3v) is 4.09. The minimum absolute atomic E-state index is 0.113. The van der Waals surface area contributed by atoms with Gasteiger partial charge in [0, 0.05) is 25.4 Å². The molecule has 0 saturated carbocycles. The Morgan fingerprint density at radius 1 is 1.04 bits per heavy atom. The first kappa shape index (κ1) is 18.7. The number of amides is 1. The fourth-order valence-electron chi connectivity index (χ4n) is 2.74. The molecule has 0 saturated heterocycles. The van der Waals surface area contributed by atoms with E-state index in [2.05, 4.69) is 22.3 Å². The van der Waals surface area contributed by atoms with Crippen molar-refractivity contribution in [1.29, 1.82) is 0 Å². The molecule has 2 aromatic heterocycles. The number of benzene rings is 1. The molecule has 1 amide bonds. The van der Waals surface area contributed by atoms with Gasteiger partial charge in [0.2, 0.25) is 0 Å². The van der Waals surface area contributed by atoms with Gasteiger partial charge in [-0.3, -0.25) is 9.59 Å². The first-order chi connectivity index (χ1) is 13.0. The highest BCUT2D eigenvalue weighted by Crippen LogP contribution is 2.10. The molecule has 1 aromatic carbocycles. The second kappa shape index (κ2) is 8.51. The fraction of sp³-hybridized carbons (Fsp3) is 0.238. The smallest absolute Gasteiger partial charge is 0.287 e. The van der Waals surface area contributed by atoms with Crippen molar-refractivity contribution in [3.05, 3.63) is 93.8 Å². The van der Waals surface area contributed by atoms with E-state index < -0.39 is 0 Å². The molecule has 0 atom stereocenters. The number of hydrogen-bond acceptors (Lipinski definition) is 4. The summed E-state index contributed by atoms with van der Waals surface area (Å²) in [6, 6.07) is 16.4. The highest BCUT2D eigenvalue weighted by Gasteiger charge is 2.11. The number of hydrogen-bond donors (Lipinski definition) is 1. The Balaban J connectivity index is 1.56. The van der Waals surface area contributed by atoms with Gasteiger partial charge < -0.3 is 19.2 Å². The van der Waals surface area contributed by atoms with E-state index in [1.54, 1.807) is 30.5 Å². The zero-order valence-corrected chi connectivity index (χ0v) is 15.5. The van der Waals surface area contributed by atoms with Crippen molar-refractivity contribution in [2.24, 2.45) is 0 Å². The van der Waals surface area contributed by atoms with Crippen LogP contribution in [0.25, 0.3) is 0 Å². The Morgan fingerprint density at radius 3 is 2.48 bits per heavy atom. The van der Waals surface area contributed by atoms with E-state index in [0.717, 1.165) is 12.1 Å². The largest absolute Gasteiger partial charge is 0.454 e. The number of nitrogens with zero attached hydrogens (tertiary/aromatic N) is 2. The molecule has 27 heavy (non-hydrogen) atoms. The Hall–Kier alpha value is -3.12. The average Bonchev–Trinajstić information content (AvgIpc) is 3.11. The first-order valence-corrected chi connectivity index (χ1v) is 8.76. The van der Waals surface area contributed by atoms with E-state index >= 15 is 0 Å². The predicted octanol–water partition coefficient (Wildman–Crippen LogP) is 2.48. The van der Waals surface area contributed by atoms with Crippen LogP contribution in [0.2, 0.25) is 0 Å². The number of rotatable bonds is 7. The van der Waals surface area contributed by atoms with Crippen molar-refractivity contribution >= 4 is 5.91 Å². The molecule has 2 heterocycles. The van der Waals surface area contributed by atoms with Crippen LogP contribution in [0.5, 0.6) is 0 Å². The molecule has 6 heteroatoms. The molecule has 0 fully saturated rings. The van der Waals surface area contributed by atoms with Crippen LogP contribution in [0, 0.1) is 0 Å². The van der Waals surface area contributed by atoms with Gasteiger partial charge in [0.1, 0.15) is 5.76 Å². The highest BCUT2D eigenvalue weighted by molar-refractivity contribution is 5.91. The van der Waals surface area contributed by atoms with Crippen molar-refractivity contribution < 1.29 is 9.21 Å². The van der Waals surface area contributed by atoms with Crippen molar-refractivity contribution in [2.75, 3.05) is 14.1 Å². The number of carbonyl (C=O) groups excluding carboxylic acids is 1. The molecule has 0 radical (unpaired) electrons. The number of nitrogens with one attached hydrogen (secondary N) is 1. The number of furan rings is 1. The molecular weight excluding hydrogens is 342 g/mol. The lowest BCUT2D eigenvalue weighted by atomic mass is 10.1. The van der Waals surface area contributed by atoms with Gasteiger partial charge in [-0.05, 0) is 43.4 Å². The molecule has 0 unspecified atom stereocenters. The lowest BCUT2D eigenvalue weighted by molar-refractivity contribution is 0.0921. The van der Waals surface area contributed by atoms with Crippen LogP contribution < -0.4 is 10.9 Å². The summed E-state index contributed by atoms with van der Waals surface area (Å²) in [5.74, 6) is 0.513. The Kier molecular flexibility index (Phi) is 5.88. The molecule has 0 aliphatic heterocycles. The molecule has 3 aromatic rings. The summed E-state index contributed by atoms with van der Waals surface area (Å²) >= 11 is 0. The molecule has 6 nitrogen and oxygen atoms in total. The van der Waals surface area contributed by atoms with Crippen LogP contribution in [0.4, 0.5) is 0 Å². The normalized spacial score (nSPS) is 10.9. The highest BCUT2D eigenvalue weighted by atomic mass is 16.4. The predicted molar refractivity (Wildman–Crippen MR) is 104 cm³/mol. The molecule has 1 N–H and O–H groups in total. The van der Waals surface area contributed by atoms with Crippen molar-refractivity contribution in [3.8, 4) is 0 Å². The Morgan fingerprint density at radius 2 is 1.78 bits per heavy atom. The molecule has 3 rings (SSSR count). The summed E-state index contributed by atoms with van der Waals surface area (Å²) in [5.41, 5.74) is 2.13. The summed E-state index contributed by atoms with van der Waals surface area (Å²) in [7, 11) is 4.06. The maximum Gasteiger partial charge on any atom is 0.287 e. The van der Waals surface area contributed by atoms with E-state index in [1.165, 1.54) is 16.2 Å². The number of carbonyl (C=O) groups is 1. The monoisotopic (exact) mass is 365 g/mol. The molecule has 0 bridgehead atoms. The van der Waals surface area contributed by atoms with Crippen LogP contribution in [0.1, 0.15) is 27.4 Å². The second-order valence-corrected chi connectivity index (χ2v) is 6.67. The maximum atomic E-state index is 12.3. The van der Waals surface area contributed by atoms with Gasteiger partial charge >= 0.3 is 0 Å². The van der Waals surface area contributed by atoms with Crippen LogP contribution >= 0.6 is 0 Å². The fourth-order valence-corrected chi connectivity index (χ4v) is 2.74.